The first-order valence-electron chi connectivity index (χ1n) is 7.70. The number of amides is 1. The molecule has 0 aliphatic heterocycles. The minimum Gasteiger partial charge on any atom is -0.497 e. The average Bonchev–Trinajstić information content (AvgIpc) is 2.59. The predicted octanol–water partition coefficient (Wildman–Crippen LogP) is 3.24. The monoisotopic (exact) mass is 313 g/mol. The standard InChI is InChI=1S/C19H23NO3/c1-13(2)17(14-9-11-16(23-3)12-10-14)20-19(22)18(21)15-7-5-4-6-8-15/h4-13,17-18,21H,1-3H3,(H,20,22). The number of hydrogen-bond acceptors (Lipinski definition) is 3. The second-order valence-electron chi connectivity index (χ2n) is 5.82. The molecule has 2 unspecified atom stereocenters. The van der Waals surface area contributed by atoms with Gasteiger partial charge in [-0.1, -0.05) is 56.3 Å². The van der Waals surface area contributed by atoms with Crippen LogP contribution < -0.4 is 10.1 Å². The Labute approximate surface area is 137 Å². The predicted molar refractivity (Wildman–Crippen MR) is 90.1 cm³/mol. The zero-order valence-corrected chi connectivity index (χ0v) is 13.7. The van der Waals surface area contributed by atoms with E-state index in [0.717, 1.165) is 11.3 Å². The molecule has 4 nitrogen and oxygen atoms in total. The van der Waals surface area contributed by atoms with E-state index in [1.807, 2.05) is 44.2 Å². The number of nitrogens with one attached hydrogen (secondary N) is 1. The lowest BCUT2D eigenvalue weighted by Gasteiger charge is -2.24. The molecule has 2 atom stereocenters. The van der Waals surface area contributed by atoms with Gasteiger partial charge in [0.2, 0.25) is 0 Å². The van der Waals surface area contributed by atoms with Crippen molar-refractivity contribution in [2.24, 2.45) is 5.92 Å². The minimum atomic E-state index is -1.17. The van der Waals surface area contributed by atoms with E-state index >= 15 is 0 Å². The van der Waals surface area contributed by atoms with Crippen molar-refractivity contribution in [1.29, 1.82) is 0 Å². The van der Waals surface area contributed by atoms with E-state index in [0.29, 0.717) is 5.56 Å². The van der Waals surface area contributed by atoms with Crippen molar-refractivity contribution in [2.45, 2.75) is 26.0 Å². The molecular formula is C19H23NO3. The molecule has 0 fully saturated rings. The third-order valence-electron chi connectivity index (χ3n) is 3.80. The average molecular weight is 313 g/mol. The van der Waals surface area contributed by atoms with E-state index in [9.17, 15) is 9.90 Å². The van der Waals surface area contributed by atoms with Crippen LogP contribution in [0.3, 0.4) is 0 Å². The van der Waals surface area contributed by atoms with Crippen LogP contribution in [-0.2, 0) is 4.79 Å². The summed E-state index contributed by atoms with van der Waals surface area (Å²) in [5.41, 5.74) is 1.57. The first-order valence-corrected chi connectivity index (χ1v) is 7.70. The van der Waals surface area contributed by atoms with E-state index in [1.54, 1.807) is 31.4 Å². The van der Waals surface area contributed by atoms with Gasteiger partial charge in [0.15, 0.2) is 6.10 Å². The minimum absolute atomic E-state index is 0.174. The topological polar surface area (TPSA) is 58.6 Å². The van der Waals surface area contributed by atoms with Gasteiger partial charge in [0.05, 0.1) is 13.2 Å². The maximum Gasteiger partial charge on any atom is 0.253 e. The van der Waals surface area contributed by atoms with Crippen LogP contribution in [0.4, 0.5) is 0 Å². The maximum absolute atomic E-state index is 12.4. The number of carbonyl (C=O) groups excluding carboxylic acids is 1. The van der Waals surface area contributed by atoms with Crippen molar-refractivity contribution in [1.82, 2.24) is 5.32 Å². The normalized spacial score (nSPS) is 13.4. The number of aliphatic hydroxyl groups is 1. The van der Waals surface area contributed by atoms with Crippen molar-refractivity contribution >= 4 is 5.91 Å². The molecule has 2 aromatic carbocycles. The number of rotatable bonds is 6. The smallest absolute Gasteiger partial charge is 0.253 e. The highest BCUT2D eigenvalue weighted by Gasteiger charge is 2.23. The van der Waals surface area contributed by atoms with E-state index < -0.39 is 12.0 Å². The summed E-state index contributed by atoms with van der Waals surface area (Å²) in [5, 5.41) is 13.2. The second-order valence-corrected chi connectivity index (χ2v) is 5.82. The van der Waals surface area contributed by atoms with Crippen LogP contribution in [0.1, 0.15) is 37.1 Å². The highest BCUT2D eigenvalue weighted by Crippen LogP contribution is 2.25. The van der Waals surface area contributed by atoms with Gasteiger partial charge in [0.25, 0.3) is 5.91 Å². The summed E-state index contributed by atoms with van der Waals surface area (Å²) >= 11 is 0. The fourth-order valence-electron chi connectivity index (χ4n) is 2.47. The number of ether oxygens (including phenoxy) is 1. The van der Waals surface area contributed by atoms with Gasteiger partial charge >= 0.3 is 0 Å². The van der Waals surface area contributed by atoms with Crippen LogP contribution in [0.25, 0.3) is 0 Å². The number of aliphatic hydroxyl groups excluding tert-OH is 1. The zero-order valence-electron chi connectivity index (χ0n) is 13.7. The Bertz CT molecular complexity index is 623. The van der Waals surface area contributed by atoms with Gasteiger partial charge in [-0.2, -0.15) is 0 Å². The summed E-state index contributed by atoms with van der Waals surface area (Å²) in [6.07, 6.45) is -1.17. The number of hydrogen-bond donors (Lipinski definition) is 2. The molecule has 23 heavy (non-hydrogen) atoms. The third kappa shape index (κ3) is 4.33. The molecule has 0 aliphatic rings. The number of carbonyl (C=O) groups is 1. The first kappa shape index (κ1) is 17.0. The molecular weight excluding hydrogens is 290 g/mol. The van der Waals surface area contributed by atoms with Crippen LogP contribution in [0.15, 0.2) is 54.6 Å². The Hall–Kier alpha value is -2.33. The van der Waals surface area contributed by atoms with Gasteiger partial charge in [-0.15, -0.1) is 0 Å². The Kier molecular flexibility index (Phi) is 5.77. The van der Waals surface area contributed by atoms with Crippen molar-refractivity contribution in [2.75, 3.05) is 7.11 Å². The van der Waals surface area contributed by atoms with Crippen molar-refractivity contribution < 1.29 is 14.6 Å². The van der Waals surface area contributed by atoms with E-state index in [4.69, 9.17) is 4.74 Å². The molecule has 4 heteroatoms. The Morgan fingerprint density at radius 1 is 1.00 bits per heavy atom. The Balaban J connectivity index is 2.14. The first-order chi connectivity index (χ1) is 11.0. The van der Waals surface area contributed by atoms with Crippen LogP contribution in [0, 0.1) is 5.92 Å². The molecule has 0 aromatic heterocycles. The zero-order chi connectivity index (χ0) is 16.8. The van der Waals surface area contributed by atoms with Crippen molar-refractivity contribution in [3.63, 3.8) is 0 Å². The Morgan fingerprint density at radius 3 is 2.13 bits per heavy atom. The van der Waals surface area contributed by atoms with E-state index in [-0.39, 0.29) is 12.0 Å². The molecule has 0 heterocycles. The lowest BCUT2D eigenvalue weighted by Crippen LogP contribution is -2.35. The summed E-state index contributed by atoms with van der Waals surface area (Å²) in [5.74, 6) is 0.563. The number of benzene rings is 2. The molecule has 2 N–H and O–H groups in total. The van der Waals surface area contributed by atoms with Gasteiger partial charge in [0.1, 0.15) is 5.75 Å². The van der Waals surface area contributed by atoms with E-state index in [1.165, 1.54) is 0 Å². The quantitative estimate of drug-likeness (QED) is 0.861. The summed E-state index contributed by atoms with van der Waals surface area (Å²) < 4.78 is 5.16. The molecule has 0 saturated carbocycles. The number of methoxy groups -OCH3 is 1. The van der Waals surface area contributed by atoms with Gasteiger partial charge in [-0.05, 0) is 29.2 Å². The maximum atomic E-state index is 12.4. The summed E-state index contributed by atoms with van der Waals surface area (Å²) in [4.78, 5) is 12.4. The van der Waals surface area contributed by atoms with Crippen LogP contribution in [-0.4, -0.2) is 18.1 Å². The van der Waals surface area contributed by atoms with Crippen molar-refractivity contribution in [3.05, 3.63) is 65.7 Å². The lowest BCUT2D eigenvalue weighted by molar-refractivity contribution is -0.130. The lowest BCUT2D eigenvalue weighted by atomic mass is 9.95. The van der Waals surface area contributed by atoms with Gasteiger partial charge < -0.3 is 15.2 Å². The fourth-order valence-corrected chi connectivity index (χ4v) is 2.47. The molecule has 2 rings (SSSR count). The highest BCUT2D eigenvalue weighted by molar-refractivity contribution is 5.82. The molecule has 122 valence electrons. The summed E-state index contributed by atoms with van der Waals surface area (Å²) in [6, 6.07) is 16.3. The molecule has 0 bridgehead atoms. The summed E-state index contributed by atoms with van der Waals surface area (Å²) in [7, 11) is 1.62. The second kappa shape index (κ2) is 7.79. The van der Waals surface area contributed by atoms with E-state index in [2.05, 4.69) is 5.32 Å². The van der Waals surface area contributed by atoms with Gasteiger partial charge in [0, 0.05) is 0 Å². The molecule has 1 amide bonds. The molecule has 0 saturated heterocycles. The highest BCUT2D eigenvalue weighted by atomic mass is 16.5. The molecule has 0 spiro atoms. The third-order valence-corrected chi connectivity index (χ3v) is 3.80. The van der Waals surface area contributed by atoms with Gasteiger partial charge in [-0.3, -0.25) is 4.79 Å². The SMILES string of the molecule is COc1ccc(C(NC(=O)C(O)c2ccccc2)C(C)C)cc1. The van der Waals surface area contributed by atoms with Gasteiger partial charge in [-0.25, -0.2) is 0 Å². The van der Waals surface area contributed by atoms with Crippen LogP contribution >= 0.6 is 0 Å². The van der Waals surface area contributed by atoms with Crippen LogP contribution in [0.5, 0.6) is 5.75 Å². The molecule has 0 radical (unpaired) electrons. The molecule has 2 aromatic rings. The fraction of sp³-hybridized carbons (Fsp3) is 0.316. The summed E-state index contributed by atoms with van der Waals surface area (Å²) in [6.45, 7) is 4.06. The van der Waals surface area contributed by atoms with Crippen molar-refractivity contribution in [3.8, 4) is 5.75 Å². The van der Waals surface area contributed by atoms with Crippen LogP contribution in [0.2, 0.25) is 0 Å². The largest absolute Gasteiger partial charge is 0.497 e. The molecule has 0 aliphatic carbocycles. The Morgan fingerprint density at radius 2 is 1.61 bits per heavy atom.